The number of H-pyrrole nitrogens is 1. The third-order valence-corrected chi connectivity index (χ3v) is 4.10. The van der Waals surface area contributed by atoms with E-state index in [9.17, 15) is 4.79 Å². The van der Waals surface area contributed by atoms with Crippen LogP contribution in [0.4, 0.5) is 5.69 Å². The standard InChI is InChI=1S/C19H21N3O3/c1-4-12-7-6-8-13(5-2)17(12)22-20-11-15-9-14-10-16(19(23)24-3)21-18(14)25-15/h6-11,21-22H,4-5H2,1-3H3. The lowest BCUT2D eigenvalue weighted by Crippen LogP contribution is -2.00. The number of esters is 1. The topological polar surface area (TPSA) is 79.6 Å². The molecule has 0 atom stereocenters. The van der Waals surface area contributed by atoms with Gasteiger partial charge in [-0.3, -0.25) is 5.43 Å². The molecule has 0 spiro atoms. The fourth-order valence-corrected chi connectivity index (χ4v) is 2.77. The number of aryl methyl sites for hydroxylation is 2. The predicted octanol–water partition coefficient (Wildman–Crippen LogP) is 4.12. The van der Waals surface area contributed by atoms with E-state index in [0.29, 0.717) is 17.2 Å². The highest BCUT2D eigenvalue weighted by atomic mass is 16.5. The zero-order valence-corrected chi connectivity index (χ0v) is 14.6. The number of methoxy groups -OCH3 is 1. The Morgan fingerprint density at radius 3 is 2.60 bits per heavy atom. The van der Waals surface area contributed by atoms with Crippen molar-refractivity contribution in [3.63, 3.8) is 0 Å². The molecule has 0 fully saturated rings. The maximum Gasteiger partial charge on any atom is 0.354 e. The normalized spacial score (nSPS) is 11.3. The number of rotatable bonds is 6. The molecule has 2 heterocycles. The SMILES string of the molecule is CCc1cccc(CC)c1NN=Cc1cc2cc(C(=O)OC)[nH]c2o1. The Bertz CT molecular complexity index is 868. The molecule has 130 valence electrons. The molecule has 25 heavy (non-hydrogen) atoms. The third kappa shape index (κ3) is 3.42. The molecule has 0 aliphatic heterocycles. The summed E-state index contributed by atoms with van der Waals surface area (Å²) in [6.07, 6.45) is 3.50. The Morgan fingerprint density at radius 1 is 1.28 bits per heavy atom. The maximum atomic E-state index is 11.5. The molecule has 6 heteroatoms. The first-order valence-corrected chi connectivity index (χ1v) is 8.27. The predicted molar refractivity (Wildman–Crippen MR) is 98.3 cm³/mol. The van der Waals surface area contributed by atoms with Gasteiger partial charge in [0.2, 0.25) is 5.71 Å². The van der Waals surface area contributed by atoms with Crippen LogP contribution in [0.25, 0.3) is 11.1 Å². The Kier molecular flexibility index (Phi) is 4.88. The summed E-state index contributed by atoms with van der Waals surface area (Å²) < 4.78 is 10.3. The number of para-hydroxylation sites is 1. The summed E-state index contributed by atoms with van der Waals surface area (Å²) in [5, 5.41) is 5.10. The van der Waals surface area contributed by atoms with Crippen molar-refractivity contribution in [1.29, 1.82) is 0 Å². The molecule has 0 bridgehead atoms. The molecule has 0 saturated carbocycles. The van der Waals surface area contributed by atoms with Crippen LogP contribution in [-0.4, -0.2) is 24.3 Å². The van der Waals surface area contributed by atoms with Gasteiger partial charge in [0.1, 0.15) is 11.5 Å². The fourth-order valence-electron chi connectivity index (χ4n) is 2.77. The summed E-state index contributed by atoms with van der Waals surface area (Å²) in [6, 6.07) is 9.77. The van der Waals surface area contributed by atoms with Crippen LogP contribution >= 0.6 is 0 Å². The highest BCUT2D eigenvalue weighted by Crippen LogP contribution is 2.23. The Morgan fingerprint density at radius 2 is 2.00 bits per heavy atom. The zero-order valence-electron chi connectivity index (χ0n) is 14.6. The number of nitrogens with one attached hydrogen (secondary N) is 2. The average Bonchev–Trinajstić information content (AvgIpc) is 3.19. The van der Waals surface area contributed by atoms with Crippen molar-refractivity contribution in [1.82, 2.24) is 4.98 Å². The number of benzene rings is 1. The van der Waals surface area contributed by atoms with E-state index in [2.05, 4.69) is 52.3 Å². The molecule has 0 aliphatic rings. The van der Waals surface area contributed by atoms with Crippen LogP contribution in [-0.2, 0) is 17.6 Å². The number of anilines is 1. The van der Waals surface area contributed by atoms with Crippen molar-refractivity contribution in [2.24, 2.45) is 5.10 Å². The van der Waals surface area contributed by atoms with Gasteiger partial charge in [-0.25, -0.2) is 4.79 Å². The minimum atomic E-state index is -0.424. The number of ether oxygens (including phenoxy) is 1. The second-order valence-electron chi connectivity index (χ2n) is 5.64. The monoisotopic (exact) mass is 339 g/mol. The molecule has 0 amide bonds. The quantitative estimate of drug-likeness (QED) is 0.402. The molecule has 0 aliphatic carbocycles. The molecular weight excluding hydrogens is 318 g/mol. The molecule has 6 nitrogen and oxygen atoms in total. The second kappa shape index (κ2) is 7.25. The van der Waals surface area contributed by atoms with Crippen molar-refractivity contribution in [3.8, 4) is 0 Å². The van der Waals surface area contributed by atoms with E-state index in [1.807, 2.05) is 6.07 Å². The number of hydrazone groups is 1. The number of aromatic amines is 1. The van der Waals surface area contributed by atoms with Crippen molar-refractivity contribution in [2.75, 3.05) is 12.5 Å². The van der Waals surface area contributed by atoms with Crippen molar-refractivity contribution < 1.29 is 13.9 Å². The van der Waals surface area contributed by atoms with Crippen LogP contribution in [0.5, 0.6) is 0 Å². The number of aromatic nitrogens is 1. The van der Waals surface area contributed by atoms with Gasteiger partial charge in [0.15, 0.2) is 0 Å². The number of hydrogen-bond donors (Lipinski definition) is 2. The van der Waals surface area contributed by atoms with Gasteiger partial charge in [-0.1, -0.05) is 32.0 Å². The van der Waals surface area contributed by atoms with Crippen LogP contribution in [0.2, 0.25) is 0 Å². The molecular formula is C19H21N3O3. The zero-order chi connectivity index (χ0) is 17.8. The van der Waals surface area contributed by atoms with E-state index >= 15 is 0 Å². The first kappa shape index (κ1) is 16.8. The van der Waals surface area contributed by atoms with Gasteiger partial charge in [0.05, 0.1) is 19.0 Å². The van der Waals surface area contributed by atoms with Gasteiger partial charge in [-0.05, 0) is 36.1 Å². The van der Waals surface area contributed by atoms with E-state index in [4.69, 9.17) is 4.42 Å². The number of nitrogens with zero attached hydrogens (tertiary/aromatic N) is 1. The fraction of sp³-hybridized carbons (Fsp3) is 0.263. The molecule has 1 aromatic carbocycles. The lowest BCUT2D eigenvalue weighted by atomic mass is 10.0. The van der Waals surface area contributed by atoms with Gasteiger partial charge in [-0.15, -0.1) is 0 Å². The molecule has 0 radical (unpaired) electrons. The van der Waals surface area contributed by atoms with Gasteiger partial charge < -0.3 is 14.1 Å². The average molecular weight is 339 g/mol. The van der Waals surface area contributed by atoms with Gasteiger partial charge in [-0.2, -0.15) is 5.10 Å². The summed E-state index contributed by atoms with van der Waals surface area (Å²) in [5.74, 6) is 0.170. The largest absolute Gasteiger partial charge is 0.464 e. The van der Waals surface area contributed by atoms with Gasteiger partial charge >= 0.3 is 5.97 Å². The van der Waals surface area contributed by atoms with Gasteiger partial charge in [0, 0.05) is 5.39 Å². The highest BCUT2D eigenvalue weighted by Gasteiger charge is 2.12. The lowest BCUT2D eigenvalue weighted by Gasteiger charge is -2.11. The van der Waals surface area contributed by atoms with E-state index in [-0.39, 0.29) is 0 Å². The Balaban J connectivity index is 1.78. The number of furan rings is 1. The summed E-state index contributed by atoms with van der Waals surface area (Å²) >= 11 is 0. The van der Waals surface area contributed by atoms with E-state index in [1.165, 1.54) is 18.2 Å². The first-order chi connectivity index (χ1) is 12.2. The van der Waals surface area contributed by atoms with Crippen LogP contribution in [0.1, 0.15) is 41.2 Å². The maximum absolute atomic E-state index is 11.5. The van der Waals surface area contributed by atoms with E-state index < -0.39 is 5.97 Å². The Hall–Kier alpha value is -3.02. The molecule has 0 saturated heterocycles. The van der Waals surface area contributed by atoms with Crippen LogP contribution in [0.15, 0.2) is 39.9 Å². The third-order valence-electron chi connectivity index (χ3n) is 4.10. The minimum absolute atomic E-state index is 0.363. The number of carbonyl (C=O) groups excluding carboxylic acids is 1. The second-order valence-corrected chi connectivity index (χ2v) is 5.64. The van der Waals surface area contributed by atoms with E-state index in [0.717, 1.165) is 23.9 Å². The van der Waals surface area contributed by atoms with Gasteiger partial charge in [0.25, 0.3) is 0 Å². The Labute approximate surface area is 145 Å². The number of fused-ring (bicyclic) bond motifs is 1. The van der Waals surface area contributed by atoms with Crippen molar-refractivity contribution in [3.05, 3.63) is 52.9 Å². The summed E-state index contributed by atoms with van der Waals surface area (Å²) in [7, 11) is 1.34. The van der Waals surface area contributed by atoms with Crippen LogP contribution in [0, 0.1) is 0 Å². The smallest absolute Gasteiger partial charge is 0.354 e. The summed E-state index contributed by atoms with van der Waals surface area (Å²) in [6.45, 7) is 4.25. The number of carbonyl (C=O) groups is 1. The first-order valence-electron chi connectivity index (χ1n) is 8.27. The molecule has 2 N–H and O–H groups in total. The molecule has 3 aromatic rings. The highest BCUT2D eigenvalue weighted by molar-refractivity contribution is 5.95. The van der Waals surface area contributed by atoms with E-state index in [1.54, 1.807) is 12.3 Å². The van der Waals surface area contributed by atoms with Crippen molar-refractivity contribution in [2.45, 2.75) is 26.7 Å². The summed E-state index contributed by atoms with van der Waals surface area (Å²) in [5.41, 5.74) is 7.52. The molecule has 3 rings (SSSR count). The molecule has 2 aromatic heterocycles. The summed E-state index contributed by atoms with van der Waals surface area (Å²) in [4.78, 5) is 14.4. The van der Waals surface area contributed by atoms with Crippen LogP contribution in [0.3, 0.4) is 0 Å². The number of hydrogen-bond acceptors (Lipinski definition) is 5. The van der Waals surface area contributed by atoms with Crippen molar-refractivity contribution >= 4 is 29.0 Å². The minimum Gasteiger partial charge on any atom is -0.464 e. The molecule has 0 unspecified atom stereocenters. The lowest BCUT2D eigenvalue weighted by molar-refractivity contribution is 0.0595. The van der Waals surface area contributed by atoms with Crippen LogP contribution < -0.4 is 5.43 Å².